The van der Waals surface area contributed by atoms with Crippen molar-refractivity contribution in [3.63, 3.8) is 0 Å². The van der Waals surface area contributed by atoms with Crippen LogP contribution >= 0.6 is 11.6 Å². The number of anilines is 2. The summed E-state index contributed by atoms with van der Waals surface area (Å²) in [4.78, 5) is 27.4. The number of aryl methyl sites for hydroxylation is 1. The molecule has 10 heteroatoms. The van der Waals surface area contributed by atoms with E-state index in [9.17, 15) is 15.2 Å². The second-order valence-corrected chi connectivity index (χ2v) is 9.51. The van der Waals surface area contributed by atoms with Gasteiger partial charge in [0, 0.05) is 18.7 Å². The minimum atomic E-state index is -1.17. The molecule has 2 fully saturated rings. The highest BCUT2D eigenvalue weighted by atomic mass is 35.5. The number of nitrogens with one attached hydrogen (secondary N) is 1. The van der Waals surface area contributed by atoms with Crippen molar-refractivity contribution in [3.8, 4) is 6.07 Å². The summed E-state index contributed by atoms with van der Waals surface area (Å²) in [6, 6.07) is 8.95. The number of nitriles is 1. The molecular formula is C25H25ClN6O3. The molecule has 5 rings (SSSR count). The SMILES string of the molecule is Cc1cc([C@@H](C)Nc2ccc(Cl)nc2C(=O)O)c2nc(N3CCOC(C4CC4)C3)c(C#N)nc2c1. The van der Waals surface area contributed by atoms with E-state index in [1.807, 2.05) is 26.0 Å². The Labute approximate surface area is 207 Å². The lowest BCUT2D eigenvalue weighted by Gasteiger charge is -2.34. The Morgan fingerprint density at radius 3 is 2.83 bits per heavy atom. The van der Waals surface area contributed by atoms with Gasteiger partial charge in [-0.05, 0) is 56.4 Å². The maximum absolute atomic E-state index is 11.7. The third-order valence-electron chi connectivity index (χ3n) is 6.47. The van der Waals surface area contributed by atoms with Gasteiger partial charge in [0.05, 0.1) is 35.5 Å². The first-order chi connectivity index (χ1) is 16.8. The van der Waals surface area contributed by atoms with Gasteiger partial charge in [-0.15, -0.1) is 0 Å². The van der Waals surface area contributed by atoms with E-state index >= 15 is 0 Å². The van der Waals surface area contributed by atoms with Gasteiger partial charge in [0.2, 0.25) is 0 Å². The van der Waals surface area contributed by atoms with Gasteiger partial charge in [0.15, 0.2) is 17.2 Å². The van der Waals surface area contributed by atoms with Gasteiger partial charge in [-0.2, -0.15) is 5.26 Å². The van der Waals surface area contributed by atoms with Crippen molar-refractivity contribution in [1.82, 2.24) is 15.0 Å². The van der Waals surface area contributed by atoms with Crippen LogP contribution in [0.1, 0.15) is 53.1 Å². The third-order valence-corrected chi connectivity index (χ3v) is 6.68. The summed E-state index contributed by atoms with van der Waals surface area (Å²) in [7, 11) is 0. The summed E-state index contributed by atoms with van der Waals surface area (Å²) in [5, 5.41) is 22.8. The molecule has 2 aliphatic rings. The first-order valence-electron chi connectivity index (χ1n) is 11.6. The lowest BCUT2D eigenvalue weighted by Crippen LogP contribution is -2.44. The van der Waals surface area contributed by atoms with Crippen LogP contribution in [0.15, 0.2) is 24.3 Å². The number of fused-ring (bicyclic) bond motifs is 1. The van der Waals surface area contributed by atoms with E-state index in [0.29, 0.717) is 53.8 Å². The molecule has 1 aliphatic carbocycles. The summed E-state index contributed by atoms with van der Waals surface area (Å²) in [6.07, 6.45) is 2.51. The zero-order valence-corrected chi connectivity index (χ0v) is 20.2. The van der Waals surface area contributed by atoms with Crippen LogP contribution in [-0.4, -0.2) is 51.8 Å². The van der Waals surface area contributed by atoms with Crippen LogP contribution in [0.25, 0.3) is 11.0 Å². The topological polar surface area (TPSA) is 124 Å². The number of hydrogen-bond donors (Lipinski definition) is 2. The smallest absolute Gasteiger partial charge is 0.356 e. The fourth-order valence-corrected chi connectivity index (χ4v) is 4.74. The number of aromatic carboxylic acids is 1. The Morgan fingerprint density at radius 1 is 1.31 bits per heavy atom. The number of ether oxygens (including phenoxy) is 1. The van der Waals surface area contributed by atoms with Crippen molar-refractivity contribution in [2.45, 2.75) is 38.8 Å². The van der Waals surface area contributed by atoms with E-state index < -0.39 is 5.97 Å². The number of carboxylic acid groups (broad SMARTS) is 1. The molecule has 1 aliphatic heterocycles. The number of halogens is 1. The van der Waals surface area contributed by atoms with Gasteiger partial charge in [-0.1, -0.05) is 17.7 Å². The Hall–Kier alpha value is -3.48. The molecule has 1 aromatic carbocycles. The van der Waals surface area contributed by atoms with Crippen molar-refractivity contribution in [1.29, 1.82) is 5.26 Å². The normalized spacial score (nSPS) is 18.8. The van der Waals surface area contributed by atoms with E-state index in [0.717, 1.165) is 11.1 Å². The molecule has 0 radical (unpaired) electrons. The minimum Gasteiger partial charge on any atom is -0.476 e. The summed E-state index contributed by atoms with van der Waals surface area (Å²) < 4.78 is 5.95. The lowest BCUT2D eigenvalue weighted by molar-refractivity contribution is 0.0261. The number of morpholine rings is 1. The molecule has 1 saturated heterocycles. The number of pyridine rings is 1. The van der Waals surface area contributed by atoms with E-state index in [-0.39, 0.29) is 23.0 Å². The van der Waals surface area contributed by atoms with Crippen molar-refractivity contribution in [2.24, 2.45) is 5.92 Å². The molecule has 1 saturated carbocycles. The van der Waals surface area contributed by atoms with Gasteiger partial charge >= 0.3 is 5.97 Å². The fourth-order valence-electron chi connectivity index (χ4n) is 4.60. The first kappa shape index (κ1) is 23.3. The number of carbonyl (C=O) groups is 1. The van der Waals surface area contributed by atoms with E-state index in [1.165, 1.54) is 12.8 Å². The highest BCUT2D eigenvalue weighted by Crippen LogP contribution is 2.37. The molecule has 0 amide bonds. The zero-order chi connectivity index (χ0) is 24.7. The average Bonchev–Trinajstić information content (AvgIpc) is 3.69. The molecule has 2 aromatic heterocycles. The van der Waals surface area contributed by atoms with Crippen molar-refractivity contribution < 1.29 is 14.6 Å². The van der Waals surface area contributed by atoms with Gasteiger partial charge in [0.25, 0.3) is 0 Å². The Morgan fingerprint density at radius 2 is 2.11 bits per heavy atom. The number of benzene rings is 1. The molecule has 0 spiro atoms. The molecular weight excluding hydrogens is 468 g/mol. The first-order valence-corrected chi connectivity index (χ1v) is 12.0. The number of nitrogens with zero attached hydrogens (tertiary/aromatic N) is 5. The zero-order valence-electron chi connectivity index (χ0n) is 19.5. The van der Waals surface area contributed by atoms with Crippen LogP contribution in [0.5, 0.6) is 0 Å². The van der Waals surface area contributed by atoms with E-state index in [4.69, 9.17) is 21.3 Å². The predicted octanol–water partition coefficient (Wildman–Crippen LogP) is 4.34. The van der Waals surface area contributed by atoms with E-state index in [2.05, 4.69) is 26.3 Å². The van der Waals surface area contributed by atoms with Crippen LogP contribution in [0.4, 0.5) is 11.5 Å². The van der Waals surface area contributed by atoms with Gasteiger partial charge in [0.1, 0.15) is 11.2 Å². The van der Waals surface area contributed by atoms with Crippen LogP contribution in [0.3, 0.4) is 0 Å². The lowest BCUT2D eigenvalue weighted by atomic mass is 10.0. The molecule has 1 unspecified atom stereocenters. The molecule has 9 nitrogen and oxygen atoms in total. The molecule has 3 aromatic rings. The summed E-state index contributed by atoms with van der Waals surface area (Å²) >= 11 is 5.91. The third kappa shape index (κ3) is 4.72. The Kier molecular flexibility index (Phi) is 6.17. The molecule has 35 heavy (non-hydrogen) atoms. The maximum Gasteiger partial charge on any atom is 0.356 e. The fraction of sp³-hybridized carbons (Fsp3) is 0.400. The summed E-state index contributed by atoms with van der Waals surface area (Å²) in [5.41, 5.74) is 3.58. The monoisotopic (exact) mass is 492 g/mol. The second-order valence-electron chi connectivity index (χ2n) is 9.12. The van der Waals surface area contributed by atoms with Crippen molar-refractivity contribution >= 4 is 40.1 Å². The Balaban J connectivity index is 1.55. The number of aromatic nitrogens is 3. The number of hydrogen-bond acceptors (Lipinski definition) is 8. The van der Waals surface area contributed by atoms with Gasteiger partial charge in [-0.3, -0.25) is 0 Å². The van der Waals surface area contributed by atoms with Gasteiger partial charge < -0.3 is 20.1 Å². The van der Waals surface area contributed by atoms with E-state index in [1.54, 1.807) is 12.1 Å². The number of rotatable bonds is 6. The summed E-state index contributed by atoms with van der Waals surface area (Å²) in [6.45, 7) is 5.79. The van der Waals surface area contributed by atoms with Crippen molar-refractivity contribution in [2.75, 3.05) is 29.9 Å². The largest absolute Gasteiger partial charge is 0.476 e. The van der Waals surface area contributed by atoms with Crippen LogP contribution in [-0.2, 0) is 4.74 Å². The molecule has 2 N–H and O–H groups in total. The predicted molar refractivity (Wildman–Crippen MR) is 132 cm³/mol. The average molecular weight is 493 g/mol. The standard InChI is InChI=1S/C25H25ClN6O3/c1-13-9-16(14(2)28-17-5-6-21(26)30-23(17)25(33)34)22-18(10-13)29-19(11-27)24(31-22)32-7-8-35-20(12-32)15-3-4-15/h5-6,9-10,14-15,20,28H,3-4,7-8,12H2,1-2H3,(H,33,34)/t14-,20?/m1/s1. The van der Waals surface area contributed by atoms with Gasteiger partial charge in [-0.25, -0.2) is 19.7 Å². The van der Waals surface area contributed by atoms with Crippen LogP contribution in [0, 0.1) is 24.2 Å². The molecule has 3 heterocycles. The molecule has 2 atom stereocenters. The minimum absolute atomic E-state index is 0.108. The highest BCUT2D eigenvalue weighted by Gasteiger charge is 2.36. The second kappa shape index (κ2) is 9.29. The maximum atomic E-state index is 11.7. The number of carboxylic acids is 1. The van der Waals surface area contributed by atoms with Crippen LogP contribution < -0.4 is 10.2 Å². The van der Waals surface area contributed by atoms with Crippen LogP contribution in [0.2, 0.25) is 5.15 Å². The molecule has 0 bridgehead atoms. The van der Waals surface area contributed by atoms with Crippen molar-refractivity contribution in [3.05, 3.63) is 51.9 Å². The molecule has 180 valence electrons. The summed E-state index contributed by atoms with van der Waals surface area (Å²) in [5.74, 6) is -0.0317. The highest BCUT2D eigenvalue weighted by molar-refractivity contribution is 6.29. The Bertz CT molecular complexity index is 1350. The quantitative estimate of drug-likeness (QED) is 0.483.